The van der Waals surface area contributed by atoms with Crippen molar-refractivity contribution in [1.82, 2.24) is 19.5 Å². The number of nitrogens with one attached hydrogen (secondary N) is 1. The van der Waals surface area contributed by atoms with Gasteiger partial charge in [0.1, 0.15) is 11.9 Å². The van der Waals surface area contributed by atoms with Crippen LogP contribution >= 0.6 is 0 Å². The predicted molar refractivity (Wildman–Crippen MR) is 82.1 cm³/mol. The molecular formula is C14H16FN5O3S. The highest BCUT2D eigenvalue weighted by Crippen LogP contribution is 2.20. The Labute approximate surface area is 138 Å². The van der Waals surface area contributed by atoms with Crippen LogP contribution in [0.4, 0.5) is 4.39 Å². The van der Waals surface area contributed by atoms with E-state index in [0.717, 1.165) is 18.2 Å². The van der Waals surface area contributed by atoms with Gasteiger partial charge in [-0.05, 0) is 32.0 Å². The lowest BCUT2D eigenvalue weighted by Gasteiger charge is -2.15. The predicted octanol–water partition coefficient (Wildman–Crippen LogP) is 1.36. The average molecular weight is 353 g/mol. The number of nitriles is 1. The normalized spacial score (nSPS) is 12.6. The quantitative estimate of drug-likeness (QED) is 0.839. The Balaban J connectivity index is 2.32. The van der Waals surface area contributed by atoms with Crippen molar-refractivity contribution in [1.29, 1.82) is 5.26 Å². The van der Waals surface area contributed by atoms with Crippen LogP contribution in [-0.2, 0) is 16.6 Å². The SMILES string of the molecule is CCn1c(OC)nnc1[C@@H](C)NS(=O)(=O)c1ccc(F)c(C#N)c1. The third-order valence-electron chi connectivity index (χ3n) is 3.33. The summed E-state index contributed by atoms with van der Waals surface area (Å²) in [6, 6.07) is 4.19. The molecular weight excluding hydrogens is 337 g/mol. The number of sulfonamides is 1. The third kappa shape index (κ3) is 3.37. The van der Waals surface area contributed by atoms with Gasteiger partial charge in [-0.1, -0.05) is 5.10 Å². The molecule has 0 radical (unpaired) electrons. The van der Waals surface area contributed by atoms with E-state index >= 15 is 0 Å². The van der Waals surface area contributed by atoms with Gasteiger partial charge in [-0.25, -0.2) is 17.5 Å². The van der Waals surface area contributed by atoms with Crippen LogP contribution in [-0.4, -0.2) is 30.3 Å². The molecule has 1 atom stereocenters. The van der Waals surface area contributed by atoms with Crippen molar-refractivity contribution in [2.45, 2.75) is 31.3 Å². The zero-order valence-electron chi connectivity index (χ0n) is 13.3. The molecule has 2 aromatic rings. The molecule has 2 rings (SSSR count). The lowest BCUT2D eigenvalue weighted by Crippen LogP contribution is -2.29. The summed E-state index contributed by atoms with van der Waals surface area (Å²) in [6.07, 6.45) is 0. The molecule has 1 aromatic heterocycles. The highest BCUT2D eigenvalue weighted by Gasteiger charge is 2.24. The number of hydrogen-bond acceptors (Lipinski definition) is 6. The van der Waals surface area contributed by atoms with E-state index in [1.54, 1.807) is 17.6 Å². The minimum Gasteiger partial charge on any atom is -0.467 e. The molecule has 1 heterocycles. The van der Waals surface area contributed by atoms with Gasteiger partial charge < -0.3 is 4.74 Å². The molecule has 1 N–H and O–H groups in total. The van der Waals surface area contributed by atoms with Crippen LogP contribution in [0.15, 0.2) is 23.1 Å². The van der Waals surface area contributed by atoms with Crippen molar-refractivity contribution in [3.05, 3.63) is 35.4 Å². The highest BCUT2D eigenvalue weighted by molar-refractivity contribution is 7.89. The van der Waals surface area contributed by atoms with Crippen molar-refractivity contribution in [2.24, 2.45) is 0 Å². The van der Waals surface area contributed by atoms with Crippen LogP contribution in [0.2, 0.25) is 0 Å². The smallest absolute Gasteiger partial charge is 0.316 e. The van der Waals surface area contributed by atoms with Crippen molar-refractivity contribution >= 4 is 10.0 Å². The molecule has 0 saturated heterocycles. The maximum absolute atomic E-state index is 13.4. The standard InChI is InChI=1S/C14H16FN5O3S/c1-4-20-13(17-18-14(20)23-3)9(2)19-24(21,22)11-5-6-12(15)10(7-11)8-16/h5-7,9,19H,4H2,1-3H3/t9-/m1/s1. The Kier molecular flexibility index (Phi) is 5.16. The molecule has 1 aromatic carbocycles. The lowest BCUT2D eigenvalue weighted by atomic mass is 10.2. The highest BCUT2D eigenvalue weighted by atomic mass is 32.2. The second-order valence-electron chi connectivity index (χ2n) is 4.89. The van der Waals surface area contributed by atoms with E-state index in [-0.39, 0.29) is 16.5 Å². The summed E-state index contributed by atoms with van der Waals surface area (Å²) < 4.78 is 47.3. The summed E-state index contributed by atoms with van der Waals surface area (Å²) in [5.74, 6) is -0.402. The average Bonchev–Trinajstić information content (AvgIpc) is 2.97. The van der Waals surface area contributed by atoms with Gasteiger partial charge in [0, 0.05) is 6.54 Å². The molecule has 0 saturated carbocycles. The number of halogens is 1. The zero-order valence-corrected chi connectivity index (χ0v) is 14.1. The largest absolute Gasteiger partial charge is 0.467 e. The molecule has 0 bridgehead atoms. The molecule has 0 amide bonds. The third-order valence-corrected chi connectivity index (χ3v) is 4.87. The number of rotatable bonds is 6. The second-order valence-corrected chi connectivity index (χ2v) is 6.60. The van der Waals surface area contributed by atoms with Gasteiger partial charge in [0.2, 0.25) is 10.0 Å². The zero-order chi connectivity index (χ0) is 17.9. The van der Waals surface area contributed by atoms with Crippen LogP contribution in [0.3, 0.4) is 0 Å². The number of nitrogens with zero attached hydrogens (tertiary/aromatic N) is 4. The van der Waals surface area contributed by atoms with Gasteiger partial charge in [-0.3, -0.25) is 4.57 Å². The van der Waals surface area contributed by atoms with Gasteiger partial charge in [0.25, 0.3) is 0 Å². The minimum absolute atomic E-state index is 0.207. The van der Waals surface area contributed by atoms with E-state index in [4.69, 9.17) is 10.00 Å². The Morgan fingerprint density at radius 2 is 2.17 bits per heavy atom. The number of hydrogen-bond donors (Lipinski definition) is 1. The van der Waals surface area contributed by atoms with E-state index in [0.29, 0.717) is 12.4 Å². The Bertz CT molecular complexity index is 888. The summed E-state index contributed by atoms with van der Waals surface area (Å²) in [6.45, 7) is 3.93. The van der Waals surface area contributed by atoms with Gasteiger partial charge in [0.15, 0.2) is 5.82 Å². The van der Waals surface area contributed by atoms with E-state index < -0.39 is 21.9 Å². The summed E-state index contributed by atoms with van der Waals surface area (Å²) in [5.41, 5.74) is -0.344. The van der Waals surface area contributed by atoms with Crippen LogP contribution in [0.1, 0.15) is 31.3 Å². The molecule has 8 nitrogen and oxygen atoms in total. The fraction of sp³-hybridized carbons (Fsp3) is 0.357. The van der Waals surface area contributed by atoms with Crippen LogP contribution in [0, 0.1) is 17.1 Å². The number of ether oxygens (including phenoxy) is 1. The maximum atomic E-state index is 13.4. The van der Waals surface area contributed by atoms with Crippen molar-refractivity contribution in [3.8, 4) is 12.1 Å². The van der Waals surface area contributed by atoms with Gasteiger partial charge in [-0.2, -0.15) is 5.26 Å². The molecule has 0 spiro atoms. The molecule has 0 unspecified atom stereocenters. The first-order chi connectivity index (χ1) is 11.3. The molecule has 0 aliphatic rings. The van der Waals surface area contributed by atoms with Crippen LogP contribution in [0.25, 0.3) is 0 Å². The summed E-state index contributed by atoms with van der Waals surface area (Å²) in [5, 5.41) is 16.6. The second kappa shape index (κ2) is 6.94. The summed E-state index contributed by atoms with van der Waals surface area (Å²) >= 11 is 0. The molecule has 0 aliphatic heterocycles. The Morgan fingerprint density at radius 3 is 2.75 bits per heavy atom. The fourth-order valence-corrected chi connectivity index (χ4v) is 3.41. The lowest BCUT2D eigenvalue weighted by molar-refractivity contribution is 0.354. The molecule has 128 valence electrons. The van der Waals surface area contributed by atoms with Crippen LogP contribution < -0.4 is 9.46 Å². The van der Waals surface area contributed by atoms with Gasteiger partial charge in [0.05, 0.1) is 23.6 Å². The Morgan fingerprint density at radius 1 is 1.46 bits per heavy atom. The van der Waals surface area contributed by atoms with Crippen LogP contribution in [0.5, 0.6) is 6.01 Å². The van der Waals surface area contributed by atoms with Crippen molar-refractivity contribution in [2.75, 3.05) is 7.11 Å². The van der Waals surface area contributed by atoms with E-state index in [1.807, 2.05) is 6.92 Å². The molecule has 0 fully saturated rings. The van der Waals surface area contributed by atoms with E-state index in [9.17, 15) is 12.8 Å². The van der Waals surface area contributed by atoms with E-state index in [2.05, 4.69) is 14.9 Å². The van der Waals surface area contributed by atoms with Gasteiger partial charge >= 0.3 is 6.01 Å². The van der Waals surface area contributed by atoms with Crippen molar-refractivity contribution in [3.63, 3.8) is 0 Å². The van der Waals surface area contributed by atoms with Crippen molar-refractivity contribution < 1.29 is 17.5 Å². The fourth-order valence-electron chi connectivity index (χ4n) is 2.18. The summed E-state index contributed by atoms with van der Waals surface area (Å²) in [7, 11) is -2.53. The number of benzene rings is 1. The first kappa shape index (κ1) is 17.8. The molecule has 0 aliphatic carbocycles. The van der Waals surface area contributed by atoms with E-state index in [1.165, 1.54) is 7.11 Å². The first-order valence-corrected chi connectivity index (χ1v) is 8.51. The topological polar surface area (TPSA) is 110 Å². The maximum Gasteiger partial charge on any atom is 0.316 e. The summed E-state index contributed by atoms with van der Waals surface area (Å²) in [4.78, 5) is -0.207. The monoisotopic (exact) mass is 353 g/mol. The number of methoxy groups -OCH3 is 1. The van der Waals surface area contributed by atoms with Gasteiger partial charge in [-0.15, -0.1) is 5.10 Å². The Hall–Kier alpha value is -2.51. The first-order valence-electron chi connectivity index (χ1n) is 7.03. The molecule has 10 heteroatoms. The number of aromatic nitrogens is 3. The molecule has 24 heavy (non-hydrogen) atoms. The minimum atomic E-state index is -3.97.